The summed E-state index contributed by atoms with van der Waals surface area (Å²) in [4.78, 5) is 12.3. The quantitative estimate of drug-likeness (QED) is 0.874. The molecule has 0 radical (unpaired) electrons. The number of amides is 1. The first kappa shape index (κ1) is 17.6. The summed E-state index contributed by atoms with van der Waals surface area (Å²) in [6.45, 7) is 2.19. The number of benzene rings is 1. The lowest BCUT2D eigenvalue weighted by molar-refractivity contribution is 0.0953. The van der Waals surface area contributed by atoms with Gasteiger partial charge in [-0.2, -0.15) is 5.10 Å². The Labute approximate surface area is 146 Å². The molecule has 1 amide bonds. The number of sulfone groups is 1. The molecule has 0 spiro atoms. The molecule has 1 fully saturated rings. The van der Waals surface area contributed by atoms with E-state index < -0.39 is 9.84 Å². The summed E-state index contributed by atoms with van der Waals surface area (Å²) in [6.07, 6.45) is 2.60. The summed E-state index contributed by atoms with van der Waals surface area (Å²) in [7, 11) is -3.01. The lowest BCUT2D eigenvalue weighted by atomic mass is 10.1. The first-order chi connectivity index (χ1) is 11.9. The summed E-state index contributed by atoms with van der Waals surface area (Å²) in [5, 5.41) is 7.03. The van der Waals surface area contributed by atoms with Gasteiger partial charge in [-0.05, 0) is 37.5 Å². The Morgan fingerprint density at radius 3 is 2.72 bits per heavy atom. The van der Waals surface area contributed by atoms with E-state index in [1.807, 2.05) is 0 Å². The Bertz CT molecular complexity index is 875. The third-order valence-corrected chi connectivity index (χ3v) is 6.21. The van der Waals surface area contributed by atoms with Crippen molar-refractivity contribution in [3.63, 3.8) is 0 Å². The van der Waals surface area contributed by atoms with Gasteiger partial charge in [-0.15, -0.1) is 0 Å². The number of aromatic nitrogens is 2. The Hall–Kier alpha value is -2.22. The van der Waals surface area contributed by atoms with Crippen LogP contribution in [0.4, 0.5) is 4.39 Å². The number of nitrogens with zero attached hydrogens (tertiary/aromatic N) is 2. The largest absolute Gasteiger partial charge is 0.352 e. The van der Waals surface area contributed by atoms with Gasteiger partial charge in [0.15, 0.2) is 9.84 Å². The molecule has 1 atom stereocenters. The topological polar surface area (TPSA) is 81.1 Å². The van der Waals surface area contributed by atoms with Crippen molar-refractivity contribution in [2.75, 3.05) is 18.1 Å². The van der Waals surface area contributed by atoms with E-state index in [1.165, 1.54) is 18.3 Å². The lowest BCUT2D eigenvalue weighted by Crippen LogP contribution is -2.26. The van der Waals surface area contributed by atoms with E-state index in [1.54, 1.807) is 23.7 Å². The first-order valence-electron chi connectivity index (χ1n) is 8.13. The average molecular weight is 365 g/mol. The van der Waals surface area contributed by atoms with Crippen molar-refractivity contribution >= 4 is 15.7 Å². The van der Waals surface area contributed by atoms with E-state index in [-0.39, 0.29) is 29.3 Å². The van der Waals surface area contributed by atoms with Crippen LogP contribution in [0.1, 0.15) is 34.1 Å². The highest BCUT2D eigenvalue weighted by Gasteiger charge is 2.31. The number of carbonyl (C=O) groups excluding carboxylic acids is 1. The van der Waals surface area contributed by atoms with Gasteiger partial charge in [0, 0.05) is 12.2 Å². The molecule has 3 rings (SSSR count). The molecule has 134 valence electrons. The van der Waals surface area contributed by atoms with Crippen LogP contribution in [-0.2, 0) is 16.3 Å². The van der Waals surface area contributed by atoms with E-state index in [2.05, 4.69) is 10.4 Å². The molecular weight excluding hydrogens is 345 g/mol. The van der Waals surface area contributed by atoms with E-state index in [4.69, 9.17) is 0 Å². The predicted molar refractivity (Wildman–Crippen MR) is 91.7 cm³/mol. The normalized spacial score (nSPS) is 19.0. The van der Waals surface area contributed by atoms with Crippen molar-refractivity contribution in [3.05, 3.63) is 53.1 Å². The zero-order chi connectivity index (χ0) is 18.0. The number of halogens is 1. The minimum absolute atomic E-state index is 0.0706. The molecule has 0 bridgehead atoms. The number of hydrogen-bond acceptors (Lipinski definition) is 4. The van der Waals surface area contributed by atoms with Crippen molar-refractivity contribution in [1.29, 1.82) is 0 Å². The number of nitrogens with one attached hydrogen (secondary N) is 1. The standard InChI is InChI=1S/C17H20FN3O3S/c1-12-16(10-20-21(12)15-7-9-25(23,24)11-15)17(22)19-8-6-13-2-4-14(18)5-3-13/h2-5,10,15H,6-9,11H2,1H3,(H,19,22). The zero-order valence-corrected chi connectivity index (χ0v) is 14.7. The van der Waals surface area contributed by atoms with Gasteiger partial charge >= 0.3 is 0 Å². The highest BCUT2D eigenvalue weighted by Crippen LogP contribution is 2.25. The van der Waals surface area contributed by atoms with Crippen LogP contribution in [-0.4, -0.2) is 42.2 Å². The smallest absolute Gasteiger partial charge is 0.254 e. The van der Waals surface area contributed by atoms with E-state index in [0.717, 1.165) is 5.56 Å². The Morgan fingerprint density at radius 2 is 2.08 bits per heavy atom. The van der Waals surface area contributed by atoms with Crippen LogP contribution >= 0.6 is 0 Å². The van der Waals surface area contributed by atoms with E-state index in [9.17, 15) is 17.6 Å². The summed E-state index contributed by atoms with van der Waals surface area (Å²) in [5.41, 5.74) is 2.05. The Kier molecular flexibility index (Phi) is 4.89. The van der Waals surface area contributed by atoms with Gasteiger partial charge in [-0.1, -0.05) is 12.1 Å². The summed E-state index contributed by atoms with van der Waals surface area (Å²) in [6, 6.07) is 5.95. The Balaban J connectivity index is 1.60. The molecule has 1 saturated heterocycles. The summed E-state index contributed by atoms with van der Waals surface area (Å²) >= 11 is 0. The van der Waals surface area contributed by atoms with Gasteiger partial charge in [0.2, 0.25) is 0 Å². The molecule has 2 heterocycles. The van der Waals surface area contributed by atoms with Crippen LogP contribution in [0, 0.1) is 12.7 Å². The fourth-order valence-corrected chi connectivity index (χ4v) is 4.74. The fourth-order valence-electron chi connectivity index (χ4n) is 3.05. The molecule has 1 aliphatic rings. The van der Waals surface area contributed by atoms with E-state index in [0.29, 0.717) is 30.6 Å². The minimum Gasteiger partial charge on any atom is -0.352 e. The van der Waals surface area contributed by atoms with Gasteiger partial charge in [-0.3, -0.25) is 9.48 Å². The summed E-state index contributed by atoms with van der Waals surface area (Å²) < 4.78 is 37.7. The predicted octanol–water partition coefficient (Wildman–Crippen LogP) is 1.66. The molecule has 2 aromatic rings. The molecular formula is C17H20FN3O3S. The second kappa shape index (κ2) is 6.95. The summed E-state index contributed by atoms with van der Waals surface area (Å²) in [5.74, 6) is -0.298. The molecule has 1 unspecified atom stereocenters. The number of carbonyl (C=O) groups is 1. The lowest BCUT2D eigenvalue weighted by Gasteiger charge is -2.11. The average Bonchev–Trinajstić information content (AvgIpc) is 3.11. The molecule has 6 nitrogen and oxygen atoms in total. The van der Waals surface area contributed by atoms with Crippen LogP contribution in [0.2, 0.25) is 0 Å². The highest BCUT2D eigenvalue weighted by molar-refractivity contribution is 7.91. The maximum Gasteiger partial charge on any atom is 0.254 e. The zero-order valence-electron chi connectivity index (χ0n) is 13.9. The fraction of sp³-hybridized carbons (Fsp3) is 0.412. The Morgan fingerprint density at radius 1 is 1.36 bits per heavy atom. The van der Waals surface area contributed by atoms with Crippen LogP contribution in [0.5, 0.6) is 0 Å². The maximum absolute atomic E-state index is 12.9. The second-order valence-corrected chi connectivity index (χ2v) is 8.51. The minimum atomic E-state index is -3.01. The molecule has 1 aromatic carbocycles. The maximum atomic E-state index is 12.9. The highest BCUT2D eigenvalue weighted by atomic mass is 32.2. The molecule has 0 saturated carbocycles. The third-order valence-electron chi connectivity index (χ3n) is 4.46. The monoisotopic (exact) mass is 365 g/mol. The molecule has 25 heavy (non-hydrogen) atoms. The van der Waals surface area contributed by atoms with Crippen molar-refractivity contribution in [2.24, 2.45) is 0 Å². The van der Waals surface area contributed by atoms with Gasteiger partial charge in [-0.25, -0.2) is 12.8 Å². The van der Waals surface area contributed by atoms with Crippen molar-refractivity contribution in [3.8, 4) is 0 Å². The van der Waals surface area contributed by atoms with E-state index >= 15 is 0 Å². The van der Waals surface area contributed by atoms with Crippen LogP contribution < -0.4 is 5.32 Å². The van der Waals surface area contributed by atoms with Crippen LogP contribution in [0.3, 0.4) is 0 Å². The second-order valence-electron chi connectivity index (χ2n) is 6.28. The third kappa shape index (κ3) is 4.07. The SMILES string of the molecule is Cc1c(C(=O)NCCc2ccc(F)cc2)cnn1C1CCS(=O)(=O)C1. The molecule has 0 aliphatic carbocycles. The van der Waals surface area contributed by atoms with Crippen LogP contribution in [0.15, 0.2) is 30.5 Å². The van der Waals surface area contributed by atoms with Crippen molar-refractivity contribution in [1.82, 2.24) is 15.1 Å². The first-order valence-corrected chi connectivity index (χ1v) is 9.95. The number of rotatable bonds is 5. The van der Waals surface area contributed by atoms with Gasteiger partial charge in [0.25, 0.3) is 5.91 Å². The molecule has 1 aliphatic heterocycles. The van der Waals surface area contributed by atoms with Gasteiger partial charge in [0.05, 0.1) is 29.3 Å². The van der Waals surface area contributed by atoms with Crippen molar-refractivity contribution < 1.29 is 17.6 Å². The molecule has 1 aromatic heterocycles. The van der Waals surface area contributed by atoms with Crippen LogP contribution in [0.25, 0.3) is 0 Å². The van der Waals surface area contributed by atoms with Gasteiger partial charge < -0.3 is 5.32 Å². The van der Waals surface area contributed by atoms with Crippen molar-refractivity contribution in [2.45, 2.75) is 25.8 Å². The number of hydrogen-bond donors (Lipinski definition) is 1. The molecule has 1 N–H and O–H groups in total. The molecule has 8 heteroatoms. The van der Waals surface area contributed by atoms with Gasteiger partial charge in [0.1, 0.15) is 5.82 Å².